The van der Waals surface area contributed by atoms with Gasteiger partial charge in [-0.15, -0.1) is 0 Å². The van der Waals surface area contributed by atoms with Crippen molar-refractivity contribution in [3.8, 4) is 0 Å². The van der Waals surface area contributed by atoms with Crippen LogP contribution in [0.5, 0.6) is 0 Å². The van der Waals surface area contributed by atoms with Crippen molar-refractivity contribution in [1.29, 1.82) is 0 Å². The number of rotatable bonds is 3. The Bertz CT molecular complexity index is 507. The molecule has 0 bridgehead atoms. The fourth-order valence-electron chi connectivity index (χ4n) is 2.39. The molecule has 0 radical (unpaired) electrons. The molecule has 2 atom stereocenters. The first-order valence-electron chi connectivity index (χ1n) is 6.50. The van der Waals surface area contributed by atoms with E-state index in [1.807, 2.05) is 0 Å². The molecule has 20 heavy (non-hydrogen) atoms. The summed E-state index contributed by atoms with van der Waals surface area (Å²) in [6, 6.07) is 2.02. The number of hydrogen-bond donors (Lipinski definition) is 1. The lowest BCUT2D eigenvalue weighted by atomic mass is 9.95. The minimum atomic E-state index is -1.07. The van der Waals surface area contributed by atoms with Crippen LogP contribution in [0.15, 0.2) is 12.1 Å². The van der Waals surface area contributed by atoms with Gasteiger partial charge in [-0.3, -0.25) is 0 Å². The van der Waals surface area contributed by atoms with Crippen molar-refractivity contribution in [2.24, 2.45) is 0 Å². The number of nitrogens with two attached hydrogens (primary N) is 1. The Kier molecular flexibility index (Phi) is 4.54. The molecule has 2 unspecified atom stereocenters. The highest BCUT2D eigenvalue weighted by molar-refractivity contribution is 5.91. The van der Waals surface area contributed by atoms with Gasteiger partial charge in [-0.05, 0) is 31.4 Å². The van der Waals surface area contributed by atoms with Crippen molar-refractivity contribution in [3.05, 3.63) is 29.3 Å². The molecule has 2 rings (SSSR count). The van der Waals surface area contributed by atoms with Crippen LogP contribution < -0.4 is 5.73 Å². The van der Waals surface area contributed by atoms with Crippen molar-refractivity contribution in [2.75, 3.05) is 12.8 Å². The standard InChI is InChI=1S/C14H17F2NO3/c1-19-8-3-2-4-9(7-8)20-14(18)12-10(15)5-6-11(17)13(12)16/h5-6,8-9H,2-4,7,17H2,1H3. The number of anilines is 1. The Balaban J connectivity index is 2.11. The quantitative estimate of drug-likeness (QED) is 0.685. The van der Waals surface area contributed by atoms with E-state index >= 15 is 0 Å². The molecule has 4 nitrogen and oxygen atoms in total. The number of benzene rings is 1. The zero-order valence-corrected chi connectivity index (χ0v) is 11.2. The molecule has 0 aromatic heterocycles. The predicted octanol–water partition coefficient (Wildman–Crippen LogP) is 2.66. The summed E-state index contributed by atoms with van der Waals surface area (Å²) >= 11 is 0. The third-order valence-electron chi connectivity index (χ3n) is 3.51. The van der Waals surface area contributed by atoms with Crippen LogP contribution in [-0.2, 0) is 9.47 Å². The van der Waals surface area contributed by atoms with Gasteiger partial charge in [0, 0.05) is 13.5 Å². The van der Waals surface area contributed by atoms with E-state index in [1.54, 1.807) is 7.11 Å². The average Bonchev–Trinajstić information content (AvgIpc) is 2.43. The van der Waals surface area contributed by atoms with Gasteiger partial charge in [0.2, 0.25) is 0 Å². The first-order chi connectivity index (χ1) is 9.52. The Morgan fingerprint density at radius 3 is 2.70 bits per heavy atom. The molecule has 0 spiro atoms. The summed E-state index contributed by atoms with van der Waals surface area (Å²) in [6.45, 7) is 0. The first-order valence-corrected chi connectivity index (χ1v) is 6.50. The average molecular weight is 285 g/mol. The molecule has 1 saturated carbocycles. The van der Waals surface area contributed by atoms with Crippen LogP contribution in [0.1, 0.15) is 36.0 Å². The van der Waals surface area contributed by atoms with Gasteiger partial charge in [0.25, 0.3) is 0 Å². The van der Waals surface area contributed by atoms with Crippen molar-refractivity contribution >= 4 is 11.7 Å². The maximum absolute atomic E-state index is 13.7. The van der Waals surface area contributed by atoms with Gasteiger partial charge in [0.15, 0.2) is 5.82 Å². The van der Waals surface area contributed by atoms with Gasteiger partial charge in [0.05, 0.1) is 11.8 Å². The highest BCUT2D eigenvalue weighted by atomic mass is 19.1. The molecule has 0 aliphatic heterocycles. The van der Waals surface area contributed by atoms with E-state index in [2.05, 4.69) is 0 Å². The normalized spacial score (nSPS) is 22.6. The van der Waals surface area contributed by atoms with E-state index in [0.717, 1.165) is 25.0 Å². The second kappa shape index (κ2) is 6.17. The summed E-state index contributed by atoms with van der Waals surface area (Å²) in [5.41, 5.74) is 4.32. The van der Waals surface area contributed by atoms with Crippen LogP contribution in [0.4, 0.5) is 14.5 Å². The zero-order chi connectivity index (χ0) is 14.7. The lowest BCUT2D eigenvalue weighted by Gasteiger charge is -2.28. The Labute approximate surface area is 115 Å². The smallest absolute Gasteiger partial charge is 0.344 e. The largest absolute Gasteiger partial charge is 0.459 e. The maximum atomic E-state index is 13.7. The van der Waals surface area contributed by atoms with Crippen LogP contribution in [0.3, 0.4) is 0 Å². The van der Waals surface area contributed by atoms with Crippen molar-refractivity contribution in [3.63, 3.8) is 0 Å². The van der Waals surface area contributed by atoms with Gasteiger partial charge in [-0.1, -0.05) is 0 Å². The summed E-state index contributed by atoms with van der Waals surface area (Å²) in [5.74, 6) is -3.07. The fraction of sp³-hybridized carbons (Fsp3) is 0.500. The Morgan fingerprint density at radius 1 is 1.30 bits per heavy atom. The summed E-state index contributed by atoms with van der Waals surface area (Å²) in [5, 5.41) is 0. The summed E-state index contributed by atoms with van der Waals surface area (Å²) < 4.78 is 37.7. The number of carbonyl (C=O) groups is 1. The van der Waals surface area contributed by atoms with Gasteiger partial charge in [0.1, 0.15) is 17.5 Å². The van der Waals surface area contributed by atoms with Gasteiger partial charge in [-0.25, -0.2) is 13.6 Å². The number of methoxy groups -OCH3 is 1. The fourth-order valence-corrected chi connectivity index (χ4v) is 2.39. The second-order valence-corrected chi connectivity index (χ2v) is 4.88. The lowest BCUT2D eigenvalue weighted by Crippen LogP contribution is -2.30. The molecule has 110 valence electrons. The number of carbonyl (C=O) groups excluding carboxylic acids is 1. The third-order valence-corrected chi connectivity index (χ3v) is 3.51. The highest BCUT2D eigenvalue weighted by Gasteiger charge is 2.28. The predicted molar refractivity (Wildman–Crippen MR) is 69.2 cm³/mol. The van der Waals surface area contributed by atoms with E-state index in [1.165, 1.54) is 0 Å². The van der Waals surface area contributed by atoms with Crippen LogP contribution in [0.2, 0.25) is 0 Å². The monoisotopic (exact) mass is 285 g/mol. The van der Waals surface area contributed by atoms with Crippen LogP contribution in [0.25, 0.3) is 0 Å². The van der Waals surface area contributed by atoms with Crippen molar-refractivity contribution in [2.45, 2.75) is 37.9 Å². The van der Waals surface area contributed by atoms with E-state index in [-0.39, 0.29) is 17.9 Å². The van der Waals surface area contributed by atoms with Crippen LogP contribution in [-0.4, -0.2) is 25.3 Å². The Morgan fingerprint density at radius 2 is 2.00 bits per heavy atom. The number of halogens is 2. The number of esters is 1. The number of ether oxygens (including phenoxy) is 2. The highest BCUT2D eigenvalue weighted by Crippen LogP contribution is 2.26. The molecule has 6 heteroatoms. The van der Waals surface area contributed by atoms with Gasteiger partial charge in [-0.2, -0.15) is 0 Å². The van der Waals surface area contributed by atoms with Crippen molar-refractivity contribution < 1.29 is 23.0 Å². The molecule has 1 aromatic carbocycles. The SMILES string of the molecule is COC1CCCC(OC(=O)c2c(F)ccc(N)c2F)C1. The van der Waals surface area contributed by atoms with E-state index in [4.69, 9.17) is 15.2 Å². The molecule has 1 fully saturated rings. The number of nitrogen functional groups attached to an aromatic ring is 1. The second-order valence-electron chi connectivity index (χ2n) is 4.88. The molecule has 0 heterocycles. The summed E-state index contributed by atoms with van der Waals surface area (Å²) in [4.78, 5) is 11.9. The first kappa shape index (κ1) is 14.7. The summed E-state index contributed by atoms with van der Waals surface area (Å²) in [7, 11) is 1.59. The van der Waals surface area contributed by atoms with E-state index in [0.29, 0.717) is 12.8 Å². The van der Waals surface area contributed by atoms with Crippen LogP contribution in [0, 0.1) is 11.6 Å². The maximum Gasteiger partial charge on any atom is 0.344 e. The van der Waals surface area contributed by atoms with Gasteiger partial charge < -0.3 is 15.2 Å². The lowest BCUT2D eigenvalue weighted by molar-refractivity contribution is -0.0154. The molecular formula is C14H17F2NO3. The minimum Gasteiger partial charge on any atom is -0.459 e. The van der Waals surface area contributed by atoms with Crippen LogP contribution >= 0.6 is 0 Å². The van der Waals surface area contributed by atoms with E-state index in [9.17, 15) is 13.6 Å². The molecule has 2 N–H and O–H groups in total. The summed E-state index contributed by atoms with van der Waals surface area (Å²) in [6.07, 6.45) is 2.56. The van der Waals surface area contributed by atoms with E-state index < -0.39 is 23.2 Å². The molecule has 0 saturated heterocycles. The number of hydrogen-bond acceptors (Lipinski definition) is 4. The zero-order valence-electron chi connectivity index (χ0n) is 11.2. The molecule has 1 aliphatic rings. The minimum absolute atomic E-state index is 0.0112. The van der Waals surface area contributed by atoms with Gasteiger partial charge >= 0.3 is 5.97 Å². The molecule has 1 aromatic rings. The topological polar surface area (TPSA) is 61.5 Å². The third kappa shape index (κ3) is 3.07. The molecule has 1 aliphatic carbocycles. The van der Waals surface area contributed by atoms with Crippen molar-refractivity contribution in [1.82, 2.24) is 0 Å². The molecular weight excluding hydrogens is 268 g/mol. The molecule has 0 amide bonds. The Hall–Kier alpha value is -1.69.